The van der Waals surface area contributed by atoms with E-state index in [2.05, 4.69) is 103 Å². The van der Waals surface area contributed by atoms with Crippen molar-refractivity contribution < 1.29 is 19.1 Å². The lowest BCUT2D eigenvalue weighted by atomic mass is 9.90. The molecule has 0 fully saturated rings. The summed E-state index contributed by atoms with van der Waals surface area (Å²) in [4.78, 5) is 25.2. The first-order chi connectivity index (χ1) is 22.5. The SMILES string of the molecule is C=CC(=O)OCCc1ccc(N(c2ccccc2)c2ccc(C=CC(c3ccccc3)c3ccc(OC(=O)C=C)cc3)cc2)cc1. The number of allylic oxidation sites excluding steroid dienone is 1. The predicted molar refractivity (Wildman–Crippen MR) is 186 cm³/mol. The Kier molecular flexibility index (Phi) is 10.7. The predicted octanol–water partition coefficient (Wildman–Crippen LogP) is 9.36. The molecule has 0 N–H and O–H groups in total. The Labute approximate surface area is 270 Å². The van der Waals surface area contributed by atoms with E-state index >= 15 is 0 Å². The lowest BCUT2D eigenvalue weighted by Crippen LogP contribution is -2.10. The van der Waals surface area contributed by atoms with Gasteiger partial charge in [-0.2, -0.15) is 0 Å². The van der Waals surface area contributed by atoms with Gasteiger partial charge in [0.05, 0.1) is 6.61 Å². The Morgan fingerprint density at radius 3 is 1.78 bits per heavy atom. The van der Waals surface area contributed by atoms with Crippen molar-refractivity contribution in [2.45, 2.75) is 12.3 Å². The molecule has 0 aliphatic carbocycles. The normalized spacial score (nSPS) is 11.4. The maximum atomic E-state index is 11.6. The first kappa shape index (κ1) is 31.5. The number of esters is 2. The molecule has 0 radical (unpaired) electrons. The molecule has 0 heterocycles. The Morgan fingerprint density at radius 1 is 0.630 bits per heavy atom. The van der Waals surface area contributed by atoms with Gasteiger partial charge in [0.25, 0.3) is 0 Å². The van der Waals surface area contributed by atoms with Gasteiger partial charge in [-0.1, -0.05) is 110 Å². The van der Waals surface area contributed by atoms with E-state index in [-0.39, 0.29) is 5.92 Å². The molecule has 5 heteroatoms. The summed E-state index contributed by atoms with van der Waals surface area (Å²) in [5.41, 5.74) is 7.48. The van der Waals surface area contributed by atoms with Gasteiger partial charge >= 0.3 is 11.9 Å². The summed E-state index contributed by atoms with van der Waals surface area (Å²) in [5, 5.41) is 0. The van der Waals surface area contributed by atoms with Crippen LogP contribution in [0.1, 0.15) is 28.2 Å². The number of rotatable bonds is 13. The molecule has 0 aliphatic rings. The highest BCUT2D eigenvalue weighted by molar-refractivity contribution is 5.83. The van der Waals surface area contributed by atoms with E-state index in [9.17, 15) is 9.59 Å². The summed E-state index contributed by atoms with van der Waals surface area (Å²) >= 11 is 0. The monoisotopic (exact) mass is 605 g/mol. The van der Waals surface area contributed by atoms with Crippen LogP contribution in [0.25, 0.3) is 6.08 Å². The topological polar surface area (TPSA) is 55.8 Å². The van der Waals surface area contributed by atoms with Crippen molar-refractivity contribution in [3.8, 4) is 5.75 Å². The first-order valence-electron chi connectivity index (χ1n) is 15.0. The summed E-state index contributed by atoms with van der Waals surface area (Å²) < 4.78 is 10.4. The average molecular weight is 606 g/mol. The summed E-state index contributed by atoms with van der Waals surface area (Å²) in [7, 11) is 0. The van der Waals surface area contributed by atoms with Crippen molar-refractivity contribution in [3.63, 3.8) is 0 Å². The molecular formula is C41H35NO4. The Bertz CT molecular complexity index is 1780. The van der Waals surface area contributed by atoms with Crippen LogP contribution >= 0.6 is 0 Å². The summed E-state index contributed by atoms with van der Waals surface area (Å²) in [5.74, 6) is -0.415. The van der Waals surface area contributed by atoms with E-state index in [0.717, 1.165) is 45.4 Å². The van der Waals surface area contributed by atoms with Crippen molar-refractivity contribution in [2.24, 2.45) is 0 Å². The zero-order valence-electron chi connectivity index (χ0n) is 25.5. The fraction of sp³-hybridized carbons (Fsp3) is 0.0732. The highest BCUT2D eigenvalue weighted by atomic mass is 16.5. The highest BCUT2D eigenvalue weighted by Gasteiger charge is 2.14. The van der Waals surface area contributed by atoms with Crippen molar-refractivity contribution >= 4 is 35.1 Å². The number of anilines is 3. The quantitative estimate of drug-likeness (QED) is 0.0760. The van der Waals surface area contributed by atoms with E-state index < -0.39 is 11.9 Å². The molecule has 5 aromatic carbocycles. The third-order valence-corrected chi connectivity index (χ3v) is 7.43. The van der Waals surface area contributed by atoms with Gasteiger partial charge in [-0.15, -0.1) is 0 Å². The second-order valence-corrected chi connectivity index (χ2v) is 10.5. The molecule has 0 aromatic heterocycles. The number of nitrogens with zero attached hydrogens (tertiary/aromatic N) is 1. The number of para-hydroxylation sites is 1. The highest BCUT2D eigenvalue weighted by Crippen LogP contribution is 2.35. The molecular weight excluding hydrogens is 570 g/mol. The molecule has 1 unspecified atom stereocenters. The van der Waals surface area contributed by atoms with Gasteiger partial charge in [-0.05, 0) is 70.8 Å². The lowest BCUT2D eigenvalue weighted by molar-refractivity contribution is -0.137. The molecule has 228 valence electrons. The molecule has 0 spiro atoms. The summed E-state index contributed by atoms with van der Waals surface area (Å²) in [6.07, 6.45) is 7.28. The summed E-state index contributed by atoms with van der Waals surface area (Å²) in [6, 6.07) is 44.9. The minimum atomic E-state index is -0.484. The molecule has 0 bridgehead atoms. The van der Waals surface area contributed by atoms with Crippen LogP contribution in [0.2, 0.25) is 0 Å². The third kappa shape index (κ3) is 8.36. The molecule has 0 aliphatic heterocycles. The van der Waals surface area contributed by atoms with Crippen molar-refractivity contribution in [1.82, 2.24) is 0 Å². The van der Waals surface area contributed by atoms with Crippen molar-refractivity contribution in [1.29, 1.82) is 0 Å². The van der Waals surface area contributed by atoms with Gasteiger partial charge in [0, 0.05) is 41.6 Å². The van der Waals surface area contributed by atoms with E-state index in [4.69, 9.17) is 9.47 Å². The van der Waals surface area contributed by atoms with Gasteiger partial charge in [-0.3, -0.25) is 0 Å². The molecule has 5 nitrogen and oxygen atoms in total. The van der Waals surface area contributed by atoms with E-state index in [1.165, 1.54) is 6.08 Å². The Morgan fingerprint density at radius 2 is 1.17 bits per heavy atom. The van der Waals surface area contributed by atoms with Crippen molar-refractivity contribution in [2.75, 3.05) is 11.5 Å². The van der Waals surface area contributed by atoms with Crippen LogP contribution in [-0.4, -0.2) is 18.5 Å². The van der Waals surface area contributed by atoms with Crippen LogP contribution in [0.5, 0.6) is 5.75 Å². The molecule has 1 atom stereocenters. The van der Waals surface area contributed by atoms with Gasteiger partial charge in [0.2, 0.25) is 0 Å². The maximum absolute atomic E-state index is 11.6. The van der Waals surface area contributed by atoms with Crippen molar-refractivity contribution in [3.05, 3.63) is 187 Å². The van der Waals surface area contributed by atoms with E-state index in [0.29, 0.717) is 18.8 Å². The molecule has 5 rings (SSSR count). The number of hydrogen-bond donors (Lipinski definition) is 0. The maximum Gasteiger partial charge on any atom is 0.335 e. The minimum Gasteiger partial charge on any atom is -0.462 e. The standard InChI is InChI=1S/C41H35NO4/c1-3-40(43)45-30-29-32-17-24-37(25-18-32)42(35-13-9-6-10-14-35)36-22-15-31(16-23-36)19-28-39(33-11-7-5-8-12-33)34-20-26-38(27-21-34)46-41(44)4-2/h3-28,39H,1-2,29-30H2. The summed E-state index contributed by atoms with van der Waals surface area (Å²) in [6.45, 7) is 7.20. The van der Waals surface area contributed by atoms with Gasteiger partial charge in [0.1, 0.15) is 5.75 Å². The molecule has 0 saturated heterocycles. The van der Waals surface area contributed by atoms with Gasteiger partial charge in [-0.25, -0.2) is 9.59 Å². The number of carbonyl (C=O) groups is 2. The molecule has 0 saturated carbocycles. The van der Waals surface area contributed by atoms with Crippen LogP contribution in [0.3, 0.4) is 0 Å². The number of benzene rings is 5. The Balaban J connectivity index is 1.37. The molecule has 5 aromatic rings. The smallest absolute Gasteiger partial charge is 0.335 e. The largest absolute Gasteiger partial charge is 0.462 e. The zero-order valence-corrected chi connectivity index (χ0v) is 25.5. The number of ether oxygens (including phenoxy) is 2. The van der Waals surface area contributed by atoms with Crippen LogP contribution < -0.4 is 9.64 Å². The van der Waals surface area contributed by atoms with Crippen LogP contribution in [0, 0.1) is 0 Å². The van der Waals surface area contributed by atoms with Gasteiger partial charge in [0.15, 0.2) is 0 Å². The molecule has 0 amide bonds. The average Bonchev–Trinajstić information content (AvgIpc) is 3.11. The second-order valence-electron chi connectivity index (χ2n) is 10.5. The fourth-order valence-corrected chi connectivity index (χ4v) is 5.08. The van der Waals surface area contributed by atoms with E-state index in [1.54, 1.807) is 12.1 Å². The molecule has 46 heavy (non-hydrogen) atoms. The first-order valence-corrected chi connectivity index (χ1v) is 15.0. The van der Waals surface area contributed by atoms with Gasteiger partial charge < -0.3 is 14.4 Å². The fourth-order valence-electron chi connectivity index (χ4n) is 5.08. The van der Waals surface area contributed by atoms with Crippen LogP contribution in [0.4, 0.5) is 17.1 Å². The lowest BCUT2D eigenvalue weighted by Gasteiger charge is -2.25. The van der Waals surface area contributed by atoms with E-state index in [1.807, 2.05) is 48.5 Å². The van der Waals surface area contributed by atoms with Crippen LogP contribution in [-0.2, 0) is 20.7 Å². The minimum absolute atomic E-state index is 0.00431. The third-order valence-electron chi connectivity index (χ3n) is 7.43. The number of carbonyl (C=O) groups excluding carboxylic acids is 2. The Hall–Kier alpha value is -5.94. The zero-order chi connectivity index (χ0) is 32.1. The van der Waals surface area contributed by atoms with Crippen LogP contribution in [0.15, 0.2) is 165 Å². The second kappa shape index (κ2) is 15.7. The number of hydrogen-bond acceptors (Lipinski definition) is 5.